The number of aryl methyl sites for hydroxylation is 1. The molecule has 7 heteroatoms. The van der Waals surface area contributed by atoms with E-state index in [1.807, 2.05) is 67.6 Å². The van der Waals surface area contributed by atoms with Crippen LogP contribution in [0.2, 0.25) is 0 Å². The number of hydrogen-bond donors (Lipinski definition) is 1. The summed E-state index contributed by atoms with van der Waals surface area (Å²) in [5.41, 5.74) is 1.87. The first-order valence-corrected chi connectivity index (χ1v) is 11.5. The number of benzene rings is 1. The molecule has 174 valence electrons. The fraction of sp³-hybridized carbons (Fsp3) is 0.259. The first-order chi connectivity index (χ1) is 16.6. The fourth-order valence-electron chi connectivity index (χ4n) is 4.73. The summed E-state index contributed by atoms with van der Waals surface area (Å²) in [5.74, 6) is 1.68. The lowest BCUT2D eigenvalue weighted by Gasteiger charge is -2.40. The normalized spacial score (nSPS) is 15.4. The summed E-state index contributed by atoms with van der Waals surface area (Å²) < 4.78 is 7.16. The summed E-state index contributed by atoms with van der Waals surface area (Å²) in [6.07, 6.45) is 3.41. The third-order valence-electron chi connectivity index (χ3n) is 6.46. The highest BCUT2D eigenvalue weighted by molar-refractivity contribution is 5.42. The van der Waals surface area contributed by atoms with E-state index in [1.165, 1.54) is 0 Å². The van der Waals surface area contributed by atoms with Crippen molar-refractivity contribution in [2.24, 2.45) is 0 Å². The zero-order chi connectivity index (χ0) is 23.5. The van der Waals surface area contributed by atoms with Gasteiger partial charge in [-0.25, -0.2) is 4.98 Å². The highest BCUT2D eigenvalue weighted by Crippen LogP contribution is 2.33. The molecule has 0 aliphatic carbocycles. The molecule has 1 unspecified atom stereocenters. The minimum absolute atomic E-state index is 0.0270. The lowest BCUT2D eigenvalue weighted by molar-refractivity contribution is 0.207. The van der Waals surface area contributed by atoms with Crippen molar-refractivity contribution in [3.05, 3.63) is 112 Å². The van der Waals surface area contributed by atoms with Crippen molar-refractivity contribution in [2.75, 3.05) is 31.1 Å². The number of pyridine rings is 2. The van der Waals surface area contributed by atoms with E-state index in [0.29, 0.717) is 23.6 Å². The number of rotatable bonds is 6. The molecule has 4 aromatic rings. The number of aromatic hydroxyl groups is 1. The molecular weight excluding hydrogens is 428 g/mol. The third-order valence-corrected chi connectivity index (χ3v) is 6.46. The average molecular weight is 457 g/mol. The Hall–Kier alpha value is -3.84. The van der Waals surface area contributed by atoms with E-state index < -0.39 is 0 Å². The van der Waals surface area contributed by atoms with Crippen LogP contribution in [0.1, 0.15) is 28.6 Å². The van der Waals surface area contributed by atoms with Crippen molar-refractivity contribution in [1.29, 1.82) is 0 Å². The van der Waals surface area contributed by atoms with Crippen LogP contribution in [-0.2, 0) is 6.54 Å². The number of anilines is 1. The maximum absolute atomic E-state index is 13.8. The third kappa shape index (κ3) is 4.34. The zero-order valence-corrected chi connectivity index (χ0v) is 19.2. The molecule has 1 aliphatic heterocycles. The fourth-order valence-corrected chi connectivity index (χ4v) is 4.73. The Morgan fingerprint density at radius 3 is 2.44 bits per heavy atom. The van der Waals surface area contributed by atoms with Gasteiger partial charge in [-0.1, -0.05) is 36.4 Å². The molecule has 1 fully saturated rings. The van der Waals surface area contributed by atoms with Gasteiger partial charge in [0.25, 0.3) is 5.56 Å². The van der Waals surface area contributed by atoms with Gasteiger partial charge in [-0.2, -0.15) is 0 Å². The monoisotopic (exact) mass is 456 g/mol. The lowest BCUT2D eigenvalue weighted by Crippen LogP contribution is -2.49. The van der Waals surface area contributed by atoms with Crippen molar-refractivity contribution in [2.45, 2.75) is 19.5 Å². The number of furan rings is 1. The van der Waals surface area contributed by atoms with Gasteiger partial charge in [0.2, 0.25) is 0 Å². The van der Waals surface area contributed by atoms with Crippen molar-refractivity contribution < 1.29 is 9.52 Å². The van der Waals surface area contributed by atoms with Crippen LogP contribution in [0, 0.1) is 6.92 Å². The van der Waals surface area contributed by atoms with E-state index in [9.17, 15) is 9.90 Å². The molecule has 1 aromatic carbocycles. The van der Waals surface area contributed by atoms with Gasteiger partial charge in [-0.05, 0) is 42.8 Å². The molecule has 1 N–H and O–H groups in total. The number of hydrogen-bond acceptors (Lipinski definition) is 6. The summed E-state index contributed by atoms with van der Waals surface area (Å²) in [4.78, 5) is 22.8. The zero-order valence-electron chi connectivity index (χ0n) is 19.2. The maximum atomic E-state index is 13.8. The SMILES string of the molecule is Cc1cc(O)c(C(c2ccccc2)N2CCN(c3ccccn3)CC2)c(=O)n1Cc1ccco1. The van der Waals surface area contributed by atoms with Gasteiger partial charge in [0.05, 0.1) is 24.4 Å². The van der Waals surface area contributed by atoms with Crippen LogP contribution >= 0.6 is 0 Å². The predicted molar refractivity (Wildman–Crippen MR) is 131 cm³/mol. The van der Waals surface area contributed by atoms with Gasteiger partial charge in [-0.3, -0.25) is 9.69 Å². The van der Waals surface area contributed by atoms with Crippen LogP contribution in [-0.4, -0.2) is 45.7 Å². The minimum Gasteiger partial charge on any atom is -0.507 e. The van der Waals surface area contributed by atoms with E-state index in [0.717, 1.165) is 37.6 Å². The molecule has 0 radical (unpaired) electrons. The first-order valence-electron chi connectivity index (χ1n) is 11.5. The second-order valence-corrected chi connectivity index (χ2v) is 8.58. The first kappa shape index (κ1) is 22.0. The number of aromatic nitrogens is 2. The second kappa shape index (κ2) is 9.57. The Morgan fingerprint density at radius 1 is 1.00 bits per heavy atom. The summed E-state index contributed by atoms with van der Waals surface area (Å²) in [6, 6.07) is 20.9. The van der Waals surface area contributed by atoms with Crippen molar-refractivity contribution in [3.63, 3.8) is 0 Å². The van der Waals surface area contributed by atoms with Crippen molar-refractivity contribution in [3.8, 4) is 5.75 Å². The molecule has 1 atom stereocenters. The number of piperazine rings is 1. The topological polar surface area (TPSA) is 74.7 Å². The summed E-state index contributed by atoms with van der Waals surface area (Å²) in [7, 11) is 0. The Morgan fingerprint density at radius 2 is 1.76 bits per heavy atom. The molecule has 0 bridgehead atoms. The molecule has 3 aromatic heterocycles. The molecule has 1 saturated heterocycles. The van der Waals surface area contributed by atoms with Gasteiger partial charge >= 0.3 is 0 Å². The van der Waals surface area contributed by atoms with E-state index in [-0.39, 0.29) is 17.4 Å². The number of nitrogens with zero attached hydrogens (tertiary/aromatic N) is 4. The summed E-state index contributed by atoms with van der Waals surface area (Å²) in [5, 5.41) is 11.0. The van der Waals surface area contributed by atoms with Crippen LogP contribution in [0.4, 0.5) is 5.82 Å². The molecule has 0 amide bonds. The molecular formula is C27H28N4O3. The van der Waals surface area contributed by atoms with Crippen LogP contribution in [0.3, 0.4) is 0 Å². The Bertz CT molecular complexity index is 1280. The quantitative estimate of drug-likeness (QED) is 0.476. The molecule has 4 heterocycles. The molecule has 7 nitrogen and oxygen atoms in total. The van der Waals surface area contributed by atoms with E-state index in [1.54, 1.807) is 23.1 Å². The Kier molecular flexibility index (Phi) is 6.18. The molecule has 1 aliphatic rings. The Labute approximate surface area is 198 Å². The minimum atomic E-state index is -0.358. The molecule has 0 saturated carbocycles. The van der Waals surface area contributed by atoms with Crippen LogP contribution in [0.25, 0.3) is 0 Å². The summed E-state index contributed by atoms with van der Waals surface area (Å²) in [6.45, 7) is 5.19. The van der Waals surface area contributed by atoms with Gasteiger partial charge in [0.1, 0.15) is 17.3 Å². The van der Waals surface area contributed by atoms with Gasteiger partial charge < -0.3 is 19.0 Å². The average Bonchev–Trinajstić information content (AvgIpc) is 3.39. The highest BCUT2D eigenvalue weighted by Gasteiger charge is 2.31. The maximum Gasteiger partial charge on any atom is 0.260 e. The lowest BCUT2D eigenvalue weighted by atomic mass is 9.96. The smallest absolute Gasteiger partial charge is 0.260 e. The van der Waals surface area contributed by atoms with Gasteiger partial charge in [0, 0.05) is 38.1 Å². The van der Waals surface area contributed by atoms with Crippen molar-refractivity contribution in [1.82, 2.24) is 14.5 Å². The molecule has 0 spiro atoms. The van der Waals surface area contributed by atoms with Crippen LogP contribution in [0.15, 0.2) is 88.4 Å². The molecule has 5 rings (SSSR count). The molecule has 34 heavy (non-hydrogen) atoms. The van der Waals surface area contributed by atoms with Gasteiger partial charge in [-0.15, -0.1) is 0 Å². The Balaban J connectivity index is 1.52. The van der Waals surface area contributed by atoms with Crippen molar-refractivity contribution >= 4 is 5.82 Å². The van der Waals surface area contributed by atoms with E-state index in [2.05, 4.69) is 14.8 Å². The largest absolute Gasteiger partial charge is 0.507 e. The second-order valence-electron chi connectivity index (χ2n) is 8.58. The van der Waals surface area contributed by atoms with Gasteiger partial charge in [0.15, 0.2) is 0 Å². The van der Waals surface area contributed by atoms with E-state index in [4.69, 9.17) is 4.42 Å². The van der Waals surface area contributed by atoms with E-state index >= 15 is 0 Å². The highest BCUT2D eigenvalue weighted by atomic mass is 16.3. The van der Waals surface area contributed by atoms with Crippen LogP contribution in [0.5, 0.6) is 5.75 Å². The summed E-state index contributed by atoms with van der Waals surface area (Å²) >= 11 is 0. The predicted octanol–water partition coefficient (Wildman–Crippen LogP) is 3.81. The standard InChI is InChI=1S/C27H28N4O3/c1-20-18-23(32)25(27(33)31(20)19-22-10-7-17-34-22)26(21-8-3-2-4-9-21)30-15-13-29(14-16-30)24-11-5-6-12-28-24/h2-12,17-18,26,32H,13-16,19H2,1H3. The van der Waals surface area contributed by atoms with Crippen LogP contribution < -0.4 is 10.5 Å².